The molecule has 170 valence electrons. The smallest absolute Gasteiger partial charge is 0.225 e. The van der Waals surface area contributed by atoms with Crippen LogP contribution in [0, 0.1) is 5.92 Å². The van der Waals surface area contributed by atoms with Crippen LogP contribution >= 0.6 is 34.5 Å². The average Bonchev–Trinajstić information content (AvgIpc) is 3.12. The second-order valence-corrected chi connectivity index (χ2v) is 11.0. The molecular weight excluding hydrogens is 463 g/mol. The number of carbonyl (C=O) groups is 1. The molecule has 0 spiro atoms. The van der Waals surface area contributed by atoms with Gasteiger partial charge in [0, 0.05) is 37.5 Å². The zero-order chi connectivity index (χ0) is 22.7. The summed E-state index contributed by atoms with van der Waals surface area (Å²) in [5.41, 5.74) is 1.53. The van der Waals surface area contributed by atoms with E-state index in [-0.39, 0.29) is 5.78 Å². The maximum absolute atomic E-state index is 12.4. The van der Waals surface area contributed by atoms with Gasteiger partial charge in [0.15, 0.2) is 5.78 Å². The lowest BCUT2D eigenvalue weighted by Crippen LogP contribution is -2.27. The van der Waals surface area contributed by atoms with Crippen LogP contribution in [0.5, 0.6) is 0 Å². The summed E-state index contributed by atoms with van der Waals surface area (Å²) in [6.07, 6.45) is 7.01. The van der Waals surface area contributed by atoms with Gasteiger partial charge in [-0.15, -0.1) is 11.3 Å². The van der Waals surface area contributed by atoms with Gasteiger partial charge in [-0.1, -0.05) is 41.8 Å². The maximum Gasteiger partial charge on any atom is 0.225 e. The largest absolute Gasteiger partial charge is 0.362 e. The van der Waals surface area contributed by atoms with Gasteiger partial charge in [-0.25, -0.2) is 4.98 Å². The predicted octanol–water partition coefficient (Wildman–Crippen LogP) is 7.09. The normalized spacial score (nSPS) is 18.6. The minimum absolute atomic E-state index is 0.0960. The summed E-state index contributed by atoms with van der Waals surface area (Å²) in [5, 5.41) is 4.63. The number of thiophene rings is 1. The molecule has 2 heterocycles. The number of rotatable bonds is 8. The summed E-state index contributed by atoms with van der Waals surface area (Å²) in [4.78, 5) is 23.9. The highest BCUT2D eigenvalue weighted by atomic mass is 35.5. The van der Waals surface area contributed by atoms with Gasteiger partial charge in [-0.05, 0) is 56.2 Å². The molecule has 8 heteroatoms. The molecule has 0 unspecified atom stereocenters. The molecule has 1 aliphatic rings. The fourth-order valence-electron chi connectivity index (χ4n) is 4.46. The van der Waals surface area contributed by atoms with Crippen molar-refractivity contribution in [3.8, 4) is 0 Å². The first kappa shape index (κ1) is 23.3. The first-order chi connectivity index (χ1) is 15.4. The molecule has 3 aromatic rings. The van der Waals surface area contributed by atoms with Crippen molar-refractivity contribution in [3.05, 3.63) is 44.6 Å². The van der Waals surface area contributed by atoms with Gasteiger partial charge in [0.05, 0.1) is 9.85 Å². The molecule has 0 saturated heterocycles. The van der Waals surface area contributed by atoms with E-state index in [1.807, 2.05) is 37.2 Å². The van der Waals surface area contributed by atoms with Crippen molar-refractivity contribution in [2.24, 2.45) is 5.92 Å². The Bertz CT molecular complexity index is 1090. The summed E-state index contributed by atoms with van der Waals surface area (Å²) < 4.78 is 1.07. The van der Waals surface area contributed by atoms with Crippen molar-refractivity contribution in [1.82, 2.24) is 9.97 Å². The van der Waals surface area contributed by atoms with Gasteiger partial charge in [0.1, 0.15) is 10.2 Å². The molecule has 1 saturated carbocycles. The fraction of sp³-hybridized carbons (Fsp3) is 0.458. The number of anilines is 2. The van der Waals surface area contributed by atoms with Crippen LogP contribution in [0.15, 0.2) is 30.3 Å². The number of benzene rings is 1. The highest BCUT2D eigenvalue weighted by Gasteiger charge is 2.23. The SMILES string of the molecule is CN(C)c1nc(NC2CCC(CCCC(=O)c3cc(Cl)sc3Cl)CC2)nc2ccccc12. The Morgan fingerprint density at radius 2 is 1.91 bits per heavy atom. The Hall–Kier alpha value is -1.89. The van der Waals surface area contributed by atoms with Crippen molar-refractivity contribution in [1.29, 1.82) is 0 Å². The Balaban J connectivity index is 1.27. The summed E-state index contributed by atoms with van der Waals surface area (Å²) in [6.45, 7) is 0. The van der Waals surface area contributed by atoms with Gasteiger partial charge < -0.3 is 10.2 Å². The average molecular weight is 491 g/mol. The molecule has 0 amide bonds. The zero-order valence-corrected chi connectivity index (χ0v) is 20.7. The molecule has 5 nitrogen and oxygen atoms in total. The first-order valence-electron chi connectivity index (χ1n) is 11.1. The van der Waals surface area contributed by atoms with Gasteiger partial charge in [0.25, 0.3) is 0 Å². The number of Topliss-reactive ketones (excluding diaryl/α,β-unsaturated/α-hetero) is 1. The van der Waals surface area contributed by atoms with Gasteiger partial charge in [0.2, 0.25) is 5.95 Å². The predicted molar refractivity (Wildman–Crippen MR) is 136 cm³/mol. The second kappa shape index (κ2) is 10.4. The molecular formula is C24H28Cl2N4OS. The Morgan fingerprint density at radius 3 is 2.59 bits per heavy atom. The number of carbonyl (C=O) groups excluding carboxylic acids is 1. The lowest BCUT2D eigenvalue weighted by molar-refractivity contribution is 0.0977. The van der Waals surface area contributed by atoms with E-state index >= 15 is 0 Å². The summed E-state index contributed by atoms with van der Waals surface area (Å²) in [7, 11) is 4.02. The Labute approximate surface area is 203 Å². The molecule has 1 fully saturated rings. The van der Waals surface area contributed by atoms with Gasteiger partial charge in [-0.2, -0.15) is 4.98 Å². The summed E-state index contributed by atoms with van der Waals surface area (Å²) >= 11 is 13.3. The molecule has 0 bridgehead atoms. The zero-order valence-electron chi connectivity index (χ0n) is 18.4. The van der Waals surface area contributed by atoms with Crippen LogP contribution in [0.4, 0.5) is 11.8 Å². The van der Waals surface area contributed by atoms with Crippen LogP contribution in [0.25, 0.3) is 10.9 Å². The lowest BCUT2D eigenvalue weighted by atomic mass is 9.83. The number of nitrogens with zero attached hydrogens (tertiary/aromatic N) is 3. The van der Waals surface area contributed by atoms with Crippen LogP contribution < -0.4 is 10.2 Å². The van der Waals surface area contributed by atoms with Crippen LogP contribution in [0.3, 0.4) is 0 Å². The maximum atomic E-state index is 12.4. The third-order valence-corrected chi connectivity index (χ3v) is 7.65. The second-order valence-electron chi connectivity index (χ2n) is 8.70. The van der Waals surface area contributed by atoms with Crippen molar-refractivity contribution < 1.29 is 4.79 Å². The van der Waals surface area contributed by atoms with E-state index in [0.29, 0.717) is 38.6 Å². The number of fused-ring (bicyclic) bond motifs is 1. The number of hydrogen-bond donors (Lipinski definition) is 1. The van der Waals surface area contributed by atoms with Crippen LogP contribution in [0.1, 0.15) is 55.3 Å². The Morgan fingerprint density at radius 1 is 1.16 bits per heavy atom. The van der Waals surface area contributed by atoms with E-state index in [2.05, 4.69) is 11.4 Å². The fourth-order valence-corrected chi connectivity index (χ4v) is 5.96. The van der Waals surface area contributed by atoms with E-state index < -0.39 is 0 Å². The minimum Gasteiger partial charge on any atom is -0.362 e. The third-order valence-electron chi connectivity index (χ3n) is 6.16. The molecule has 32 heavy (non-hydrogen) atoms. The molecule has 4 rings (SSSR count). The highest BCUT2D eigenvalue weighted by Crippen LogP contribution is 2.34. The number of aromatic nitrogens is 2. The number of nitrogens with one attached hydrogen (secondary N) is 1. The topological polar surface area (TPSA) is 58.1 Å². The molecule has 0 radical (unpaired) electrons. The van der Waals surface area contributed by atoms with Crippen LogP contribution in [-0.4, -0.2) is 35.9 Å². The van der Waals surface area contributed by atoms with Crippen LogP contribution in [-0.2, 0) is 0 Å². The molecule has 1 aliphatic carbocycles. The van der Waals surface area contributed by atoms with E-state index in [4.69, 9.17) is 33.2 Å². The quantitative estimate of drug-likeness (QED) is 0.341. The monoisotopic (exact) mass is 490 g/mol. The number of para-hydroxylation sites is 1. The van der Waals surface area contributed by atoms with E-state index in [0.717, 1.165) is 55.2 Å². The van der Waals surface area contributed by atoms with Crippen molar-refractivity contribution >= 4 is 63.0 Å². The lowest BCUT2D eigenvalue weighted by Gasteiger charge is -2.29. The highest BCUT2D eigenvalue weighted by molar-refractivity contribution is 7.20. The molecule has 2 aromatic heterocycles. The van der Waals surface area contributed by atoms with E-state index in [1.54, 1.807) is 6.07 Å². The van der Waals surface area contributed by atoms with Crippen LogP contribution in [0.2, 0.25) is 8.67 Å². The third kappa shape index (κ3) is 5.53. The molecule has 0 aliphatic heterocycles. The molecule has 0 atom stereocenters. The molecule has 1 aromatic carbocycles. The van der Waals surface area contributed by atoms with E-state index in [9.17, 15) is 4.79 Å². The number of halogens is 2. The summed E-state index contributed by atoms with van der Waals surface area (Å²) in [6, 6.07) is 10.2. The van der Waals surface area contributed by atoms with E-state index in [1.165, 1.54) is 11.3 Å². The number of hydrogen-bond acceptors (Lipinski definition) is 6. The Kier molecular flexibility index (Phi) is 7.54. The van der Waals surface area contributed by atoms with Gasteiger partial charge in [-0.3, -0.25) is 4.79 Å². The number of ketones is 1. The van der Waals surface area contributed by atoms with Crippen molar-refractivity contribution in [3.63, 3.8) is 0 Å². The minimum atomic E-state index is 0.0960. The van der Waals surface area contributed by atoms with Crippen molar-refractivity contribution in [2.75, 3.05) is 24.3 Å². The standard InChI is InChI=1S/C24H28Cl2N4OS/c1-30(2)23-17-7-3-4-8-19(17)28-24(29-23)27-16-12-10-15(11-13-16)6-5-9-20(31)18-14-21(25)32-22(18)26/h3-4,7-8,14-16H,5-6,9-13H2,1-2H3,(H,27,28,29). The van der Waals surface area contributed by atoms with Gasteiger partial charge >= 0.3 is 0 Å². The van der Waals surface area contributed by atoms with Crippen molar-refractivity contribution in [2.45, 2.75) is 51.0 Å². The summed E-state index contributed by atoms with van der Waals surface area (Å²) in [5.74, 6) is 2.40. The molecule has 1 N–H and O–H groups in total. The first-order valence-corrected chi connectivity index (χ1v) is 12.7.